The molecule has 5 nitrogen and oxygen atoms in total. The SMILES string of the molecule is c1ccc(CN(Cc2ccn[nH]2)C2CCCNCC2)nc1. The van der Waals surface area contributed by atoms with Gasteiger partial charge in [0.1, 0.15) is 0 Å². The highest BCUT2D eigenvalue weighted by molar-refractivity contribution is 5.05. The standard InChI is InChI=1S/C16H23N5/c1-2-9-18-14(4-1)12-21(13-15-6-11-19-20-15)16-5-3-8-17-10-7-16/h1-2,4,6,9,11,16-17H,3,5,7-8,10,12-13H2,(H,19,20). The van der Waals surface area contributed by atoms with Gasteiger partial charge in [0.15, 0.2) is 0 Å². The lowest BCUT2D eigenvalue weighted by Gasteiger charge is -2.30. The molecule has 0 aliphatic carbocycles. The highest BCUT2D eigenvalue weighted by Crippen LogP contribution is 2.18. The van der Waals surface area contributed by atoms with Crippen molar-refractivity contribution >= 4 is 0 Å². The van der Waals surface area contributed by atoms with E-state index in [4.69, 9.17) is 0 Å². The first-order valence-electron chi connectivity index (χ1n) is 7.75. The number of aromatic nitrogens is 3. The van der Waals surface area contributed by atoms with Crippen LogP contribution >= 0.6 is 0 Å². The minimum Gasteiger partial charge on any atom is -0.317 e. The Balaban J connectivity index is 1.72. The van der Waals surface area contributed by atoms with Crippen LogP contribution in [0.25, 0.3) is 0 Å². The molecule has 1 saturated heterocycles. The molecule has 0 spiro atoms. The first-order chi connectivity index (χ1) is 10.4. The van der Waals surface area contributed by atoms with Crippen molar-refractivity contribution in [2.24, 2.45) is 0 Å². The Kier molecular flexibility index (Phi) is 4.97. The van der Waals surface area contributed by atoms with Gasteiger partial charge >= 0.3 is 0 Å². The van der Waals surface area contributed by atoms with Gasteiger partial charge < -0.3 is 5.32 Å². The summed E-state index contributed by atoms with van der Waals surface area (Å²) >= 11 is 0. The molecule has 2 aromatic rings. The van der Waals surface area contributed by atoms with Crippen LogP contribution < -0.4 is 5.32 Å². The third-order valence-electron chi connectivity index (χ3n) is 4.08. The molecule has 2 N–H and O–H groups in total. The summed E-state index contributed by atoms with van der Waals surface area (Å²) < 4.78 is 0. The zero-order valence-corrected chi connectivity index (χ0v) is 12.3. The number of nitrogens with zero attached hydrogens (tertiary/aromatic N) is 3. The lowest BCUT2D eigenvalue weighted by molar-refractivity contribution is 0.160. The van der Waals surface area contributed by atoms with E-state index in [1.54, 1.807) is 0 Å². The quantitative estimate of drug-likeness (QED) is 0.881. The summed E-state index contributed by atoms with van der Waals surface area (Å²) in [5.74, 6) is 0. The molecule has 1 aliphatic rings. The fourth-order valence-corrected chi connectivity index (χ4v) is 2.97. The first kappa shape index (κ1) is 14.2. The Labute approximate surface area is 125 Å². The Bertz CT molecular complexity index is 503. The Morgan fingerprint density at radius 1 is 1.10 bits per heavy atom. The molecule has 21 heavy (non-hydrogen) atoms. The lowest BCUT2D eigenvalue weighted by atomic mass is 10.1. The van der Waals surface area contributed by atoms with Crippen LogP contribution in [0.3, 0.4) is 0 Å². The van der Waals surface area contributed by atoms with Gasteiger partial charge in [-0.15, -0.1) is 0 Å². The van der Waals surface area contributed by atoms with Crippen molar-refractivity contribution in [1.29, 1.82) is 0 Å². The average molecular weight is 285 g/mol. The van der Waals surface area contributed by atoms with Gasteiger partial charge in [-0.1, -0.05) is 6.07 Å². The number of aromatic amines is 1. The van der Waals surface area contributed by atoms with Crippen LogP contribution in [0, 0.1) is 0 Å². The maximum Gasteiger partial charge on any atom is 0.0544 e. The third kappa shape index (κ3) is 4.12. The fraction of sp³-hybridized carbons (Fsp3) is 0.500. The molecular formula is C16H23N5. The summed E-state index contributed by atoms with van der Waals surface area (Å²) in [4.78, 5) is 7.01. The van der Waals surface area contributed by atoms with Gasteiger partial charge in [0.2, 0.25) is 0 Å². The average Bonchev–Trinajstić information content (AvgIpc) is 2.87. The fourth-order valence-electron chi connectivity index (χ4n) is 2.97. The predicted octanol–water partition coefficient (Wildman–Crippen LogP) is 1.95. The second-order valence-electron chi connectivity index (χ2n) is 5.64. The smallest absolute Gasteiger partial charge is 0.0544 e. The minimum absolute atomic E-state index is 0.602. The van der Waals surface area contributed by atoms with E-state index < -0.39 is 0 Å². The second kappa shape index (κ2) is 7.33. The van der Waals surface area contributed by atoms with E-state index >= 15 is 0 Å². The molecule has 0 radical (unpaired) electrons. The molecule has 3 rings (SSSR count). The van der Waals surface area contributed by atoms with Gasteiger partial charge in [0.25, 0.3) is 0 Å². The maximum atomic E-state index is 4.48. The van der Waals surface area contributed by atoms with E-state index in [1.807, 2.05) is 18.5 Å². The van der Waals surface area contributed by atoms with E-state index in [2.05, 4.69) is 43.6 Å². The molecule has 0 amide bonds. The molecule has 1 aliphatic heterocycles. The van der Waals surface area contributed by atoms with Crippen molar-refractivity contribution < 1.29 is 0 Å². The molecule has 5 heteroatoms. The third-order valence-corrected chi connectivity index (χ3v) is 4.08. The highest BCUT2D eigenvalue weighted by atomic mass is 15.2. The second-order valence-corrected chi connectivity index (χ2v) is 5.64. The van der Waals surface area contributed by atoms with E-state index in [0.717, 1.165) is 31.9 Å². The summed E-state index contributed by atoms with van der Waals surface area (Å²) in [5.41, 5.74) is 2.30. The van der Waals surface area contributed by atoms with Crippen LogP contribution in [-0.2, 0) is 13.1 Å². The number of pyridine rings is 1. The Morgan fingerprint density at radius 2 is 2.10 bits per heavy atom. The number of nitrogens with one attached hydrogen (secondary N) is 2. The van der Waals surface area contributed by atoms with E-state index in [9.17, 15) is 0 Å². The van der Waals surface area contributed by atoms with Crippen LogP contribution in [0.5, 0.6) is 0 Å². The molecule has 0 saturated carbocycles. The van der Waals surface area contributed by atoms with Gasteiger partial charge in [-0.05, 0) is 50.6 Å². The van der Waals surface area contributed by atoms with Crippen molar-refractivity contribution in [3.63, 3.8) is 0 Å². The van der Waals surface area contributed by atoms with Gasteiger partial charge in [-0.3, -0.25) is 15.0 Å². The van der Waals surface area contributed by atoms with Crippen LogP contribution in [0.4, 0.5) is 0 Å². The Morgan fingerprint density at radius 3 is 2.90 bits per heavy atom. The molecule has 0 aromatic carbocycles. The Hall–Kier alpha value is -1.72. The first-order valence-corrected chi connectivity index (χ1v) is 7.75. The number of H-pyrrole nitrogens is 1. The van der Waals surface area contributed by atoms with Crippen molar-refractivity contribution in [3.05, 3.63) is 48.0 Å². The highest BCUT2D eigenvalue weighted by Gasteiger charge is 2.21. The van der Waals surface area contributed by atoms with E-state index in [-0.39, 0.29) is 0 Å². The van der Waals surface area contributed by atoms with Crippen LogP contribution in [-0.4, -0.2) is 39.2 Å². The van der Waals surface area contributed by atoms with Crippen molar-refractivity contribution in [2.75, 3.05) is 13.1 Å². The largest absolute Gasteiger partial charge is 0.317 e. The summed E-state index contributed by atoms with van der Waals surface area (Å²) in [6.45, 7) is 4.04. The molecule has 1 fully saturated rings. The summed E-state index contributed by atoms with van der Waals surface area (Å²) in [5, 5.41) is 10.6. The molecule has 112 valence electrons. The van der Waals surface area contributed by atoms with Gasteiger partial charge in [-0.25, -0.2) is 0 Å². The van der Waals surface area contributed by atoms with Crippen molar-refractivity contribution in [1.82, 2.24) is 25.4 Å². The maximum absolute atomic E-state index is 4.48. The summed E-state index contributed by atoms with van der Waals surface area (Å²) in [6, 6.07) is 8.80. The summed E-state index contributed by atoms with van der Waals surface area (Å²) in [7, 11) is 0. The van der Waals surface area contributed by atoms with Gasteiger partial charge in [0, 0.05) is 37.2 Å². The molecular weight excluding hydrogens is 262 g/mol. The van der Waals surface area contributed by atoms with E-state index in [1.165, 1.54) is 25.0 Å². The normalized spacial score (nSPS) is 19.6. The topological polar surface area (TPSA) is 56.8 Å². The molecule has 3 heterocycles. The number of hydrogen-bond acceptors (Lipinski definition) is 4. The minimum atomic E-state index is 0.602. The van der Waals surface area contributed by atoms with Crippen LogP contribution in [0.15, 0.2) is 36.7 Å². The summed E-state index contributed by atoms with van der Waals surface area (Å²) in [6.07, 6.45) is 7.38. The number of rotatable bonds is 5. The van der Waals surface area contributed by atoms with Crippen LogP contribution in [0.1, 0.15) is 30.7 Å². The molecule has 0 bridgehead atoms. The van der Waals surface area contributed by atoms with Crippen molar-refractivity contribution in [2.45, 2.75) is 38.4 Å². The van der Waals surface area contributed by atoms with Gasteiger partial charge in [0.05, 0.1) is 5.69 Å². The monoisotopic (exact) mass is 285 g/mol. The zero-order chi connectivity index (χ0) is 14.3. The molecule has 1 unspecified atom stereocenters. The van der Waals surface area contributed by atoms with Crippen molar-refractivity contribution in [3.8, 4) is 0 Å². The van der Waals surface area contributed by atoms with E-state index in [0.29, 0.717) is 6.04 Å². The molecule has 2 aromatic heterocycles. The predicted molar refractivity (Wildman–Crippen MR) is 82.6 cm³/mol. The number of hydrogen-bond donors (Lipinski definition) is 2. The lowest BCUT2D eigenvalue weighted by Crippen LogP contribution is -2.35. The molecule has 1 atom stereocenters. The van der Waals surface area contributed by atoms with Gasteiger partial charge in [-0.2, -0.15) is 5.10 Å². The zero-order valence-electron chi connectivity index (χ0n) is 12.3. The van der Waals surface area contributed by atoms with Crippen LogP contribution in [0.2, 0.25) is 0 Å².